The fourth-order valence-corrected chi connectivity index (χ4v) is 3.88. The monoisotopic (exact) mass is 517 g/mol. The highest BCUT2D eigenvalue weighted by atomic mass is 127. The predicted octanol–water partition coefficient (Wildman–Crippen LogP) is 4.37. The Bertz CT molecular complexity index is 875. The standard InChI is InChI=1S/C16H9I2NO3/c17-10-7-11(15(20)12(18)8-10)16(21)22-13-5-1-3-9-4-2-6-19-14(9)13/h1-8,20H. The second kappa shape index (κ2) is 6.37. The Hall–Kier alpha value is -1.42. The van der Waals surface area contributed by atoms with E-state index in [1.165, 1.54) is 0 Å². The van der Waals surface area contributed by atoms with E-state index in [2.05, 4.69) is 27.6 Å². The number of carbonyl (C=O) groups excluding carboxylic acids is 1. The van der Waals surface area contributed by atoms with Crippen molar-refractivity contribution in [3.8, 4) is 11.5 Å². The van der Waals surface area contributed by atoms with Gasteiger partial charge in [0.15, 0.2) is 5.75 Å². The van der Waals surface area contributed by atoms with Gasteiger partial charge < -0.3 is 9.84 Å². The third-order valence-corrected chi connectivity index (χ3v) is 4.49. The summed E-state index contributed by atoms with van der Waals surface area (Å²) in [7, 11) is 0. The van der Waals surface area contributed by atoms with Crippen LogP contribution in [-0.4, -0.2) is 16.1 Å². The van der Waals surface area contributed by atoms with E-state index in [-0.39, 0.29) is 11.3 Å². The maximum absolute atomic E-state index is 12.4. The van der Waals surface area contributed by atoms with Gasteiger partial charge in [-0.2, -0.15) is 0 Å². The van der Waals surface area contributed by atoms with Crippen LogP contribution in [0.15, 0.2) is 48.7 Å². The lowest BCUT2D eigenvalue weighted by molar-refractivity contribution is 0.0733. The van der Waals surface area contributed by atoms with Crippen molar-refractivity contribution in [2.24, 2.45) is 0 Å². The van der Waals surface area contributed by atoms with Gasteiger partial charge in [0.05, 0.1) is 3.57 Å². The highest BCUT2D eigenvalue weighted by Gasteiger charge is 2.18. The van der Waals surface area contributed by atoms with Crippen LogP contribution in [0.2, 0.25) is 0 Å². The molecule has 0 aliphatic heterocycles. The van der Waals surface area contributed by atoms with Gasteiger partial charge in [0.2, 0.25) is 0 Å². The molecule has 1 N–H and O–H groups in total. The minimum absolute atomic E-state index is 0.0702. The summed E-state index contributed by atoms with van der Waals surface area (Å²) in [6.07, 6.45) is 1.64. The van der Waals surface area contributed by atoms with Gasteiger partial charge in [-0.25, -0.2) is 4.79 Å². The number of esters is 1. The smallest absolute Gasteiger partial charge is 0.347 e. The van der Waals surface area contributed by atoms with Crippen molar-refractivity contribution < 1.29 is 14.6 Å². The summed E-state index contributed by atoms with van der Waals surface area (Å²) >= 11 is 4.07. The van der Waals surface area contributed by atoms with Gasteiger partial charge in [0, 0.05) is 15.2 Å². The molecule has 110 valence electrons. The van der Waals surface area contributed by atoms with Gasteiger partial charge in [-0.1, -0.05) is 18.2 Å². The SMILES string of the molecule is O=C(Oc1cccc2cccnc12)c1cc(I)cc(I)c1O. The molecule has 22 heavy (non-hydrogen) atoms. The number of fused-ring (bicyclic) bond motifs is 1. The summed E-state index contributed by atoms with van der Waals surface area (Å²) in [5, 5.41) is 10.9. The van der Waals surface area contributed by atoms with Gasteiger partial charge in [-0.05, 0) is 69.4 Å². The van der Waals surface area contributed by atoms with Crippen molar-refractivity contribution in [2.45, 2.75) is 0 Å². The molecule has 2 aromatic carbocycles. The van der Waals surface area contributed by atoms with Crippen molar-refractivity contribution in [2.75, 3.05) is 0 Å². The average Bonchev–Trinajstić information content (AvgIpc) is 2.51. The highest BCUT2D eigenvalue weighted by molar-refractivity contribution is 14.1. The summed E-state index contributed by atoms with van der Waals surface area (Å²) in [6, 6.07) is 12.5. The Morgan fingerprint density at radius 3 is 2.73 bits per heavy atom. The molecule has 6 heteroatoms. The van der Waals surface area contributed by atoms with Gasteiger partial charge in [0.25, 0.3) is 0 Å². The summed E-state index contributed by atoms with van der Waals surface area (Å²) in [4.78, 5) is 16.6. The first-order valence-electron chi connectivity index (χ1n) is 6.30. The van der Waals surface area contributed by atoms with E-state index in [0.29, 0.717) is 14.8 Å². The molecule has 0 aliphatic rings. The lowest BCUT2D eigenvalue weighted by atomic mass is 10.2. The fraction of sp³-hybridized carbons (Fsp3) is 0. The number of hydrogen-bond donors (Lipinski definition) is 1. The normalized spacial score (nSPS) is 10.6. The maximum atomic E-state index is 12.4. The van der Waals surface area contributed by atoms with Gasteiger partial charge >= 0.3 is 5.97 Å². The largest absolute Gasteiger partial charge is 0.506 e. The molecule has 0 spiro atoms. The van der Waals surface area contributed by atoms with Crippen LogP contribution in [0.4, 0.5) is 0 Å². The number of rotatable bonds is 2. The van der Waals surface area contributed by atoms with Crippen LogP contribution < -0.4 is 4.74 Å². The number of phenols is 1. The topological polar surface area (TPSA) is 59.4 Å². The predicted molar refractivity (Wildman–Crippen MR) is 100 cm³/mol. The Labute approximate surface area is 153 Å². The first kappa shape index (κ1) is 15.5. The van der Waals surface area contributed by atoms with E-state index in [4.69, 9.17) is 4.74 Å². The first-order chi connectivity index (χ1) is 10.6. The second-order valence-corrected chi connectivity index (χ2v) is 6.91. The van der Waals surface area contributed by atoms with Crippen LogP contribution in [0.25, 0.3) is 10.9 Å². The van der Waals surface area contributed by atoms with E-state index in [1.54, 1.807) is 30.5 Å². The number of halogens is 2. The molecule has 4 nitrogen and oxygen atoms in total. The third-order valence-electron chi connectivity index (χ3n) is 3.05. The Morgan fingerprint density at radius 1 is 1.14 bits per heavy atom. The van der Waals surface area contributed by atoms with Crippen molar-refractivity contribution in [3.05, 3.63) is 61.4 Å². The summed E-state index contributed by atoms with van der Waals surface area (Å²) < 4.78 is 6.89. The van der Waals surface area contributed by atoms with Gasteiger partial charge in [0.1, 0.15) is 16.8 Å². The molecule has 1 heterocycles. The van der Waals surface area contributed by atoms with Crippen LogP contribution in [0.1, 0.15) is 10.4 Å². The number of para-hydroxylation sites is 1. The number of carbonyl (C=O) groups is 1. The van der Waals surface area contributed by atoms with Crippen molar-refractivity contribution in [1.82, 2.24) is 4.98 Å². The molecular formula is C16H9I2NO3. The highest BCUT2D eigenvalue weighted by Crippen LogP contribution is 2.29. The number of nitrogens with zero attached hydrogens (tertiary/aromatic N) is 1. The number of pyridine rings is 1. The molecule has 0 saturated heterocycles. The quantitative estimate of drug-likeness (QED) is 0.312. The molecule has 0 fully saturated rings. The zero-order chi connectivity index (χ0) is 15.7. The summed E-state index contributed by atoms with van der Waals surface area (Å²) in [5.74, 6) is -0.303. The number of aromatic hydroxyl groups is 1. The van der Waals surface area contributed by atoms with E-state index >= 15 is 0 Å². The molecule has 1 aromatic heterocycles. The number of benzene rings is 2. The first-order valence-corrected chi connectivity index (χ1v) is 8.46. The fourth-order valence-electron chi connectivity index (χ4n) is 2.04. The van der Waals surface area contributed by atoms with Crippen LogP contribution >= 0.6 is 45.2 Å². The van der Waals surface area contributed by atoms with E-state index in [0.717, 1.165) is 8.96 Å². The van der Waals surface area contributed by atoms with E-state index < -0.39 is 5.97 Å². The molecular weight excluding hydrogens is 508 g/mol. The lowest BCUT2D eigenvalue weighted by Gasteiger charge is -2.09. The number of ether oxygens (including phenoxy) is 1. The van der Waals surface area contributed by atoms with Crippen LogP contribution in [0, 0.1) is 7.14 Å². The summed E-state index contributed by atoms with van der Waals surface area (Å²) in [5.41, 5.74) is 0.752. The van der Waals surface area contributed by atoms with Gasteiger partial charge in [-0.15, -0.1) is 0 Å². The van der Waals surface area contributed by atoms with Crippen molar-refractivity contribution >= 4 is 62.1 Å². The average molecular weight is 517 g/mol. The Morgan fingerprint density at radius 2 is 1.91 bits per heavy atom. The zero-order valence-corrected chi connectivity index (χ0v) is 15.4. The molecule has 0 atom stereocenters. The molecule has 0 bridgehead atoms. The van der Waals surface area contributed by atoms with E-state index in [1.807, 2.05) is 40.8 Å². The van der Waals surface area contributed by atoms with Gasteiger partial charge in [-0.3, -0.25) is 4.98 Å². The molecule has 0 radical (unpaired) electrons. The lowest BCUT2D eigenvalue weighted by Crippen LogP contribution is -2.10. The minimum Gasteiger partial charge on any atom is -0.506 e. The molecule has 3 aromatic rings. The number of aromatic nitrogens is 1. The molecule has 0 saturated carbocycles. The Balaban J connectivity index is 2.01. The van der Waals surface area contributed by atoms with E-state index in [9.17, 15) is 9.90 Å². The van der Waals surface area contributed by atoms with Crippen LogP contribution in [0.5, 0.6) is 11.5 Å². The number of hydrogen-bond acceptors (Lipinski definition) is 4. The molecule has 3 rings (SSSR count). The van der Waals surface area contributed by atoms with Crippen molar-refractivity contribution in [1.29, 1.82) is 0 Å². The van der Waals surface area contributed by atoms with Crippen LogP contribution in [0.3, 0.4) is 0 Å². The zero-order valence-electron chi connectivity index (χ0n) is 11.1. The molecule has 0 unspecified atom stereocenters. The third kappa shape index (κ3) is 3.02. The van der Waals surface area contributed by atoms with Crippen LogP contribution in [-0.2, 0) is 0 Å². The molecule has 0 aliphatic carbocycles. The number of phenolic OH excluding ortho intramolecular Hbond substituents is 1. The second-order valence-electron chi connectivity index (χ2n) is 4.50. The van der Waals surface area contributed by atoms with Crippen molar-refractivity contribution in [3.63, 3.8) is 0 Å². The minimum atomic E-state index is -0.605. The summed E-state index contributed by atoms with van der Waals surface area (Å²) in [6.45, 7) is 0. The Kier molecular flexibility index (Phi) is 4.48. The maximum Gasteiger partial charge on any atom is 0.347 e. The molecule has 0 amide bonds.